The molecule has 0 saturated carbocycles. The summed E-state index contributed by atoms with van der Waals surface area (Å²) in [5.41, 5.74) is 6.72. The van der Waals surface area contributed by atoms with Crippen LogP contribution in [-0.2, 0) is 0 Å². The molecule has 1 heterocycles. The van der Waals surface area contributed by atoms with E-state index in [1.807, 2.05) is 24.3 Å². The quantitative estimate of drug-likeness (QED) is 0.790. The molecule has 1 aliphatic heterocycles. The molecule has 2 N–H and O–H groups in total. The second kappa shape index (κ2) is 4.20. The lowest BCUT2D eigenvalue weighted by molar-refractivity contribution is 0.171. The van der Waals surface area contributed by atoms with E-state index in [-0.39, 0.29) is 6.04 Å². The standard InChI is InChI=1S/C11H12N2O2/c12-4-3-9(13)8-1-2-10-11(7-8)15-6-5-14-10/h1-2,7,9H,3,5-6,13H2. The Balaban J connectivity index is 2.24. The van der Waals surface area contributed by atoms with Crippen LogP contribution in [0.3, 0.4) is 0 Å². The van der Waals surface area contributed by atoms with Gasteiger partial charge in [-0.1, -0.05) is 6.07 Å². The van der Waals surface area contributed by atoms with Crippen LogP contribution in [0.15, 0.2) is 18.2 Å². The van der Waals surface area contributed by atoms with Gasteiger partial charge in [-0.25, -0.2) is 0 Å². The minimum Gasteiger partial charge on any atom is -0.486 e. The predicted octanol–water partition coefficient (Wildman–Crippen LogP) is 1.37. The lowest BCUT2D eigenvalue weighted by Gasteiger charge is -2.19. The molecule has 0 amide bonds. The lowest BCUT2D eigenvalue weighted by atomic mass is 10.0. The molecule has 0 spiro atoms. The second-order valence-corrected chi connectivity index (χ2v) is 3.37. The third-order valence-corrected chi connectivity index (χ3v) is 2.31. The molecular weight excluding hydrogens is 192 g/mol. The molecule has 78 valence electrons. The molecule has 0 aliphatic carbocycles. The number of fused-ring (bicyclic) bond motifs is 1. The van der Waals surface area contributed by atoms with Crippen LogP contribution in [0.4, 0.5) is 0 Å². The van der Waals surface area contributed by atoms with Crippen LogP contribution in [0, 0.1) is 11.3 Å². The van der Waals surface area contributed by atoms with Gasteiger partial charge in [0.15, 0.2) is 11.5 Å². The van der Waals surface area contributed by atoms with E-state index in [4.69, 9.17) is 20.5 Å². The summed E-state index contributed by atoms with van der Waals surface area (Å²) < 4.78 is 10.8. The molecule has 1 atom stereocenters. The Kier molecular flexibility index (Phi) is 2.75. The van der Waals surface area contributed by atoms with Crippen molar-refractivity contribution in [3.63, 3.8) is 0 Å². The summed E-state index contributed by atoms with van der Waals surface area (Å²) in [6.07, 6.45) is 0.305. The number of nitrogens with two attached hydrogens (primary N) is 1. The monoisotopic (exact) mass is 204 g/mol. The first-order chi connectivity index (χ1) is 7.31. The van der Waals surface area contributed by atoms with Gasteiger partial charge in [-0.2, -0.15) is 5.26 Å². The summed E-state index contributed by atoms with van der Waals surface area (Å²) in [6.45, 7) is 1.14. The van der Waals surface area contributed by atoms with Gasteiger partial charge in [-0.15, -0.1) is 0 Å². The molecule has 1 unspecified atom stereocenters. The Morgan fingerprint density at radius 2 is 2.07 bits per heavy atom. The van der Waals surface area contributed by atoms with Crippen molar-refractivity contribution in [2.45, 2.75) is 12.5 Å². The normalized spacial score (nSPS) is 15.5. The zero-order valence-electron chi connectivity index (χ0n) is 8.27. The molecule has 0 radical (unpaired) electrons. The summed E-state index contributed by atoms with van der Waals surface area (Å²) in [5, 5.41) is 8.55. The van der Waals surface area contributed by atoms with Crippen LogP contribution in [0.1, 0.15) is 18.0 Å². The number of ether oxygens (including phenoxy) is 2. The van der Waals surface area contributed by atoms with Crippen molar-refractivity contribution in [1.29, 1.82) is 5.26 Å². The summed E-state index contributed by atoms with van der Waals surface area (Å²) in [5.74, 6) is 1.46. The smallest absolute Gasteiger partial charge is 0.161 e. The first-order valence-corrected chi connectivity index (χ1v) is 4.83. The van der Waals surface area contributed by atoms with E-state index in [1.165, 1.54) is 0 Å². The minimum absolute atomic E-state index is 0.258. The third-order valence-electron chi connectivity index (χ3n) is 2.31. The largest absolute Gasteiger partial charge is 0.486 e. The Labute approximate surface area is 88.2 Å². The first kappa shape index (κ1) is 9.81. The van der Waals surface area contributed by atoms with Crippen molar-refractivity contribution in [2.75, 3.05) is 13.2 Å². The first-order valence-electron chi connectivity index (χ1n) is 4.83. The number of nitriles is 1. The van der Waals surface area contributed by atoms with Crippen molar-refractivity contribution in [3.8, 4) is 17.6 Å². The number of rotatable bonds is 2. The zero-order chi connectivity index (χ0) is 10.7. The van der Waals surface area contributed by atoms with Crippen molar-refractivity contribution in [2.24, 2.45) is 5.73 Å². The van der Waals surface area contributed by atoms with Crippen LogP contribution in [-0.4, -0.2) is 13.2 Å². The maximum atomic E-state index is 8.55. The lowest BCUT2D eigenvalue weighted by Crippen LogP contribution is -2.16. The Bertz CT molecular complexity index is 398. The fourth-order valence-corrected chi connectivity index (χ4v) is 1.51. The fraction of sp³-hybridized carbons (Fsp3) is 0.364. The van der Waals surface area contributed by atoms with Crippen molar-refractivity contribution < 1.29 is 9.47 Å². The van der Waals surface area contributed by atoms with Gasteiger partial charge in [0.05, 0.1) is 12.5 Å². The van der Waals surface area contributed by atoms with Crippen LogP contribution >= 0.6 is 0 Å². The molecule has 1 aliphatic rings. The Morgan fingerprint density at radius 1 is 1.33 bits per heavy atom. The van der Waals surface area contributed by atoms with Crippen LogP contribution in [0.2, 0.25) is 0 Å². The summed E-state index contributed by atoms with van der Waals surface area (Å²) in [6, 6.07) is 7.34. The van der Waals surface area contributed by atoms with E-state index in [9.17, 15) is 0 Å². The van der Waals surface area contributed by atoms with E-state index >= 15 is 0 Å². The summed E-state index contributed by atoms with van der Waals surface area (Å²) >= 11 is 0. The maximum Gasteiger partial charge on any atom is 0.161 e. The van der Waals surface area contributed by atoms with Gasteiger partial charge >= 0.3 is 0 Å². The van der Waals surface area contributed by atoms with Crippen molar-refractivity contribution >= 4 is 0 Å². The highest BCUT2D eigenvalue weighted by Gasteiger charge is 2.14. The van der Waals surface area contributed by atoms with Crippen LogP contribution in [0.5, 0.6) is 11.5 Å². The van der Waals surface area contributed by atoms with Gasteiger partial charge in [-0.3, -0.25) is 0 Å². The number of nitrogens with zero attached hydrogens (tertiary/aromatic N) is 1. The van der Waals surface area contributed by atoms with Crippen LogP contribution < -0.4 is 15.2 Å². The van der Waals surface area contributed by atoms with Crippen molar-refractivity contribution in [3.05, 3.63) is 23.8 Å². The minimum atomic E-state index is -0.258. The molecule has 1 aromatic carbocycles. The molecule has 15 heavy (non-hydrogen) atoms. The molecule has 1 aromatic rings. The second-order valence-electron chi connectivity index (χ2n) is 3.37. The third kappa shape index (κ3) is 2.03. The SMILES string of the molecule is N#CCC(N)c1ccc2c(c1)OCCO2. The fourth-order valence-electron chi connectivity index (χ4n) is 1.51. The van der Waals surface area contributed by atoms with Gasteiger partial charge in [0, 0.05) is 6.04 Å². The summed E-state index contributed by atoms with van der Waals surface area (Å²) in [7, 11) is 0. The van der Waals surface area contributed by atoms with Gasteiger partial charge in [0.1, 0.15) is 13.2 Å². The highest BCUT2D eigenvalue weighted by molar-refractivity contribution is 5.44. The average molecular weight is 204 g/mol. The van der Waals surface area contributed by atoms with E-state index in [0.717, 1.165) is 11.3 Å². The topological polar surface area (TPSA) is 68.3 Å². The van der Waals surface area contributed by atoms with E-state index in [2.05, 4.69) is 0 Å². The average Bonchev–Trinajstić information content (AvgIpc) is 2.29. The predicted molar refractivity (Wildman–Crippen MR) is 54.6 cm³/mol. The van der Waals surface area contributed by atoms with Gasteiger partial charge in [0.2, 0.25) is 0 Å². The van der Waals surface area contributed by atoms with Crippen LogP contribution in [0.25, 0.3) is 0 Å². The molecule has 0 saturated heterocycles. The molecular formula is C11H12N2O2. The zero-order valence-corrected chi connectivity index (χ0v) is 8.27. The van der Waals surface area contributed by atoms with Gasteiger partial charge < -0.3 is 15.2 Å². The van der Waals surface area contributed by atoms with Gasteiger partial charge in [-0.05, 0) is 17.7 Å². The van der Waals surface area contributed by atoms with E-state index < -0.39 is 0 Å². The molecule has 4 nitrogen and oxygen atoms in total. The highest BCUT2D eigenvalue weighted by Crippen LogP contribution is 2.32. The maximum absolute atomic E-state index is 8.55. The van der Waals surface area contributed by atoms with E-state index in [0.29, 0.717) is 25.4 Å². The Hall–Kier alpha value is -1.73. The highest BCUT2D eigenvalue weighted by atomic mass is 16.6. The van der Waals surface area contributed by atoms with E-state index in [1.54, 1.807) is 0 Å². The molecule has 0 aromatic heterocycles. The molecule has 0 fully saturated rings. The molecule has 2 rings (SSSR count). The molecule has 4 heteroatoms. The number of benzene rings is 1. The molecule has 0 bridgehead atoms. The number of hydrogen-bond acceptors (Lipinski definition) is 4. The number of hydrogen-bond donors (Lipinski definition) is 1. The van der Waals surface area contributed by atoms with Crippen molar-refractivity contribution in [1.82, 2.24) is 0 Å². The van der Waals surface area contributed by atoms with Gasteiger partial charge in [0.25, 0.3) is 0 Å². The summed E-state index contributed by atoms with van der Waals surface area (Å²) in [4.78, 5) is 0. The Morgan fingerprint density at radius 3 is 2.80 bits per heavy atom.